The SMILES string of the molecule is COc1ccccc1C1CNCCN1C(=O)c1ccc(Br)cn1. The maximum Gasteiger partial charge on any atom is 0.273 e. The molecule has 1 atom stereocenters. The van der Waals surface area contributed by atoms with E-state index >= 15 is 0 Å². The summed E-state index contributed by atoms with van der Waals surface area (Å²) in [5.41, 5.74) is 1.46. The van der Waals surface area contributed by atoms with Crippen LogP contribution in [-0.4, -0.2) is 42.5 Å². The third-order valence-electron chi connectivity index (χ3n) is 3.95. The van der Waals surface area contributed by atoms with Gasteiger partial charge in [-0.25, -0.2) is 4.98 Å². The Morgan fingerprint density at radius 2 is 2.17 bits per heavy atom. The van der Waals surface area contributed by atoms with Crippen molar-refractivity contribution in [3.63, 3.8) is 0 Å². The number of nitrogens with zero attached hydrogens (tertiary/aromatic N) is 2. The number of amides is 1. The number of piperazine rings is 1. The van der Waals surface area contributed by atoms with Crippen molar-refractivity contribution in [2.75, 3.05) is 26.7 Å². The zero-order valence-electron chi connectivity index (χ0n) is 12.8. The van der Waals surface area contributed by atoms with Crippen molar-refractivity contribution in [2.24, 2.45) is 0 Å². The van der Waals surface area contributed by atoms with Crippen molar-refractivity contribution in [3.8, 4) is 5.75 Å². The smallest absolute Gasteiger partial charge is 0.273 e. The molecule has 1 fully saturated rings. The molecule has 120 valence electrons. The number of aromatic nitrogens is 1. The molecule has 5 nitrogen and oxygen atoms in total. The van der Waals surface area contributed by atoms with Gasteiger partial charge >= 0.3 is 0 Å². The van der Waals surface area contributed by atoms with Crippen LogP contribution in [0.5, 0.6) is 5.75 Å². The van der Waals surface area contributed by atoms with Gasteiger partial charge in [0.2, 0.25) is 0 Å². The molecular formula is C17H18BrN3O2. The van der Waals surface area contributed by atoms with Gasteiger partial charge in [-0.2, -0.15) is 0 Å². The molecule has 2 aromatic rings. The number of methoxy groups -OCH3 is 1. The standard InChI is InChI=1S/C17H18BrN3O2/c1-23-16-5-3-2-4-13(16)15-11-19-8-9-21(15)17(22)14-7-6-12(18)10-20-14/h2-7,10,15,19H,8-9,11H2,1H3. The highest BCUT2D eigenvalue weighted by Crippen LogP contribution is 2.31. The molecule has 0 spiro atoms. The van der Waals surface area contributed by atoms with E-state index in [1.54, 1.807) is 19.4 Å². The summed E-state index contributed by atoms with van der Waals surface area (Å²) >= 11 is 3.34. The summed E-state index contributed by atoms with van der Waals surface area (Å²) < 4.78 is 6.32. The second kappa shape index (κ2) is 7.10. The molecule has 2 heterocycles. The van der Waals surface area contributed by atoms with Crippen LogP contribution in [0.25, 0.3) is 0 Å². The number of ether oxygens (including phenoxy) is 1. The van der Waals surface area contributed by atoms with Crippen molar-refractivity contribution in [3.05, 3.63) is 58.3 Å². The number of pyridine rings is 1. The van der Waals surface area contributed by atoms with E-state index in [9.17, 15) is 4.79 Å². The molecule has 1 amide bonds. The molecule has 0 saturated carbocycles. The van der Waals surface area contributed by atoms with Gasteiger partial charge in [-0.1, -0.05) is 18.2 Å². The van der Waals surface area contributed by atoms with Gasteiger partial charge in [0.1, 0.15) is 11.4 Å². The van der Waals surface area contributed by atoms with Crippen LogP contribution < -0.4 is 10.1 Å². The van der Waals surface area contributed by atoms with Crippen molar-refractivity contribution in [2.45, 2.75) is 6.04 Å². The molecule has 1 aliphatic rings. The van der Waals surface area contributed by atoms with Crippen LogP contribution in [0.15, 0.2) is 47.1 Å². The molecule has 3 rings (SSSR count). The highest BCUT2D eigenvalue weighted by molar-refractivity contribution is 9.10. The van der Waals surface area contributed by atoms with Gasteiger partial charge < -0.3 is 15.0 Å². The topological polar surface area (TPSA) is 54.5 Å². The van der Waals surface area contributed by atoms with Crippen molar-refractivity contribution in [1.82, 2.24) is 15.2 Å². The molecule has 1 saturated heterocycles. The largest absolute Gasteiger partial charge is 0.496 e. The Bertz CT molecular complexity index is 690. The van der Waals surface area contributed by atoms with Crippen LogP contribution in [0, 0.1) is 0 Å². The molecule has 1 unspecified atom stereocenters. The molecule has 1 aliphatic heterocycles. The first-order chi connectivity index (χ1) is 11.2. The Hall–Kier alpha value is -1.92. The molecule has 6 heteroatoms. The zero-order chi connectivity index (χ0) is 16.2. The van der Waals surface area contributed by atoms with Crippen LogP contribution in [-0.2, 0) is 0 Å². The van der Waals surface area contributed by atoms with Gasteiger partial charge in [0.15, 0.2) is 0 Å². The average Bonchev–Trinajstić information content (AvgIpc) is 2.62. The normalized spacial score (nSPS) is 17.8. The summed E-state index contributed by atoms with van der Waals surface area (Å²) in [5.74, 6) is 0.734. The maximum absolute atomic E-state index is 12.9. The lowest BCUT2D eigenvalue weighted by atomic mass is 10.0. The van der Waals surface area contributed by atoms with Gasteiger partial charge in [0.05, 0.1) is 13.2 Å². The van der Waals surface area contributed by atoms with Crippen molar-refractivity contribution >= 4 is 21.8 Å². The predicted molar refractivity (Wildman–Crippen MR) is 91.6 cm³/mol. The minimum Gasteiger partial charge on any atom is -0.496 e. The fourth-order valence-electron chi connectivity index (χ4n) is 2.82. The quantitative estimate of drug-likeness (QED) is 0.895. The molecule has 23 heavy (non-hydrogen) atoms. The number of halogens is 1. The van der Waals surface area contributed by atoms with Gasteiger partial charge in [-0.05, 0) is 34.1 Å². The first-order valence-corrected chi connectivity index (χ1v) is 8.26. The first-order valence-electron chi connectivity index (χ1n) is 7.47. The second-order valence-corrected chi connectivity index (χ2v) is 6.24. The fourth-order valence-corrected chi connectivity index (χ4v) is 3.05. The summed E-state index contributed by atoms with van der Waals surface area (Å²) in [7, 11) is 1.65. The van der Waals surface area contributed by atoms with E-state index in [0.29, 0.717) is 18.8 Å². The van der Waals surface area contributed by atoms with Gasteiger partial charge in [-0.3, -0.25) is 4.79 Å². The molecule has 0 radical (unpaired) electrons. The fraction of sp³-hybridized carbons (Fsp3) is 0.294. The lowest BCUT2D eigenvalue weighted by Gasteiger charge is -2.36. The first kappa shape index (κ1) is 16.0. The predicted octanol–water partition coefficient (Wildman–Crippen LogP) is 2.64. The number of benzene rings is 1. The Balaban J connectivity index is 1.92. The van der Waals surface area contributed by atoms with E-state index in [4.69, 9.17) is 4.74 Å². The van der Waals surface area contributed by atoms with Gasteiger partial charge in [0.25, 0.3) is 5.91 Å². The number of hydrogen-bond donors (Lipinski definition) is 1. The Morgan fingerprint density at radius 3 is 2.91 bits per heavy atom. The average molecular weight is 376 g/mol. The van der Waals surface area contributed by atoms with E-state index in [1.165, 1.54) is 0 Å². The van der Waals surface area contributed by atoms with E-state index in [-0.39, 0.29) is 11.9 Å². The molecular weight excluding hydrogens is 358 g/mol. The van der Waals surface area contributed by atoms with Crippen LogP contribution in [0.2, 0.25) is 0 Å². The lowest BCUT2D eigenvalue weighted by Crippen LogP contribution is -2.49. The van der Waals surface area contributed by atoms with E-state index in [2.05, 4.69) is 26.2 Å². The summed E-state index contributed by atoms with van der Waals surface area (Å²) in [5, 5.41) is 3.35. The number of carbonyl (C=O) groups excluding carboxylic acids is 1. The maximum atomic E-state index is 12.9. The molecule has 1 aromatic carbocycles. The van der Waals surface area contributed by atoms with Gasteiger partial charge in [-0.15, -0.1) is 0 Å². The Morgan fingerprint density at radius 1 is 1.35 bits per heavy atom. The van der Waals surface area contributed by atoms with E-state index in [0.717, 1.165) is 22.3 Å². The zero-order valence-corrected chi connectivity index (χ0v) is 14.4. The van der Waals surface area contributed by atoms with Crippen molar-refractivity contribution in [1.29, 1.82) is 0 Å². The summed E-state index contributed by atoms with van der Waals surface area (Å²) in [6, 6.07) is 11.3. The number of para-hydroxylation sites is 1. The third-order valence-corrected chi connectivity index (χ3v) is 4.42. The Labute approximate surface area is 143 Å². The minimum atomic E-state index is -0.0714. The molecule has 0 bridgehead atoms. The summed E-state index contributed by atoms with van der Waals surface area (Å²) in [6.07, 6.45) is 1.65. The second-order valence-electron chi connectivity index (χ2n) is 5.32. The lowest BCUT2D eigenvalue weighted by molar-refractivity contribution is 0.0625. The highest BCUT2D eigenvalue weighted by Gasteiger charge is 2.30. The molecule has 0 aliphatic carbocycles. The summed E-state index contributed by atoms with van der Waals surface area (Å²) in [6.45, 7) is 2.11. The highest BCUT2D eigenvalue weighted by atomic mass is 79.9. The van der Waals surface area contributed by atoms with E-state index < -0.39 is 0 Å². The Kier molecular flexibility index (Phi) is 4.93. The number of carbonyl (C=O) groups is 1. The number of rotatable bonds is 3. The third kappa shape index (κ3) is 3.38. The van der Waals surface area contributed by atoms with Crippen LogP contribution in [0.3, 0.4) is 0 Å². The summed E-state index contributed by atoms with van der Waals surface area (Å²) in [4.78, 5) is 19.0. The van der Waals surface area contributed by atoms with Crippen LogP contribution in [0.1, 0.15) is 22.1 Å². The minimum absolute atomic E-state index is 0.0603. The molecule has 1 N–H and O–H groups in total. The number of hydrogen-bond acceptors (Lipinski definition) is 4. The van der Waals surface area contributed by atoms with Crippen molar-refractivity contribution < 1.29 is 9.53 Å². The monoisotopic (exact) mass is 375 g/mol. The van der Waals surface area contributed by atoms with Crippen LogP contribution >= 0.6 is 15.9 Å². The van der Waals surface area contributed by atoms with Crippen LogP contribution in [0.4, 0.5) is 0 Å². The number of nitrogens with one attached hydrogen (secondary N) is 1. The van der Waals surface area contributed by atoms with E-state index in [1.807, 2.05) is 35.2 Å². The molecule has 1 aromatic heterocycles. The van der Waals surface area contributed by atoms with Gasteiger partial charge in [0, 0.05) is 35.9 Å².